The van der Waals surface area contributed by atoms with Crippen LogP contribution in [0.4, 0.5) is 14.5 Å². The Balaban J connectivity index is 2.34. The van der Waals surface area contributed by atoms with Gasteiger partial charge in [-0.05, 0) is 46.3 Å². The van der Waals surface area contributed by atoms with Gasteiger partial charge in [0.15, 0.2) is 0 Å². The second-order valence-electron chi connectivity index (χ2n) is 3.67. The molecule has 0 unspecified atom stereocenters. The molecule has 0 heterocycles. The predicted octanol–water partition coefficient (Wildman–Crippen LogP) is 4.63. The normalized spacial score (nSPS) is 10.3. The van der Waals surface area contributed by atoms with E-state index in [-0.39, 0.29) is 0 Å². The van der Waals surface area contributed by atoms with Gasteiger partial charge in [0.05, 0.1) is 5.69 Å². The van der Waals surface area contributed by atoms with Crippen LogP contribution in [0.25, 0.3) is 0 Å². The minimum Gasteiger partial charge on any atom is -0.321 e. The van der Waals surface area contributed by atoms with Crippen molar-refractivity contribution in [1.29, 1.82) is 0 Å². The molecule has 0 aromatic heterocycles. The maximum atomic E-state index is 13.4. The van der Waals surface area contributed by atoms with Crippen molar-refractivity contribution in [3.8, 4) is 0 Å². The molecule has 0 aliphatic heterocycles. The molecule has 0 saturated heterocycles. The summed E-state index contributed by atoms with van der Waals surface area (Å²) in [4.78, 5) is 11.9. The Hall–Kier alpha value is -1.46. The molecule has 2 nitrogen and oxygen atoms in total. The highest BCUT2D eigenvalue weighted by Gasteiger charge is 2.17. The van der Waals surface area contributed by atoms with Gasteiger partial charge in [-0.25, -0.2) is 8.78 Å². The summed E-state index contributed by atoms with van der Waals surface area (Å²) in [5.74, 6) is -2.72. The Bertz CT molecular complexity index is 628. The van der Waals surface area contributed by atoms with E-state index < -0.39 is 23.1 Å². The van der Waals surface area contributed by atoms with E-state index in [0.717, 1.165) is 12.1 Å². The van der Waals surface area contributed by atoms with Gasteiger partial charge < -0.3 is 5.32 Å². The lowest BCUT2D eigenvalue weighted by Gasteiger charge is -2.09. The maximum Gasteiger partial charge on any atom is 0.261 e. The van der Waals surface area contributed by atoms with Crippen molar-refractivity contribution in [2.24, 2.45) is 0 Å². The number of hydrogen-bond donors (Lipinski definition) is 1. The summed E-state index contributed by atoms with van der Waals surface area (Å²) in [6.07, 6.45) is 0. The van der Waals surface area contributed by atoms with E-state index in [1.807, 2.05) is 0 Å². The third-order valence-electron chi connectivity index (χ3n) is 2.37. The van der Waals surface area contributed by atoms with Crippen LogP contribution in [-0.2, 0) is 0 Å². The van der Waals surface area contributed by atoms with Crippen LogP contribution in [0.1, 0.15) is 10.4 Å². The molecule has 0 atom stereocenters. The van der Waals surface area contributed by atoms with Crippen molar-refractivity contribution >= 4 is 39.1 Å². The van der Waals surface area contributed by atoms with Gasteiger partial charge in [-0.2, -0.15) is 0 Å². The Morgan fingerprint density at radius 1 is 1.16 bits per heavy atom. The standard InChI is InChI=1S/C13H7BrClF2NO/c14-8-5-4-7(15)6-11(8)18-13(19)12-9(16)2-1-3-10(12)17/h1-6H,(H,18,19). The molecule has 1 N–H and O–H groups in total. The Labute approximate surface area is 121 Å². The predicted molar refractivity (Wildman–Crippen MR) is 73.5 cm³/mol. The van der Waals surface area contributed by atoms with Gasteiger partial charge in [0.25, 0.3) is 5.91 Å². The molecule has 2 rings (SSSR count). The second kappa shape index (κ2) is 5.67. The fraction of sp³-hybridized carbons (Fsp3) is 0. The largest absolute Gasteiger partial charge is 0.321 e. The fourth-order valence-corrected chi connectivity index (χ4v) is 2.01. The van der Waals surface area contributed by atoms with Crippen LogP contribution in [0.5, 0.6) is 0 Å². The lowest BCUT2D eigenvalue weighted by molar-refractivity contribution is 0.101. The van der Waals surface area contributed by atoms with Gasteiger partial charge >= 0.3 is 0 Å². The van der Waals surface area contributed by atoms with Gasteiger partial charge in [-0.3, -0.25) is 4.79 Å². The number of carbonyl (C=O) groups excluding carboxylic acids is 1. The molecule has 0 spiro atoms. The van der Waals surface area contributed by atoms with Gasteiger partial charge in [0, 0.05) is 9.50 Å². The number of halogens is 4. The zero-order chi connectivity index (χ0) is 14.0. The SMILES string of the molecule is O=C(Nc1cc(Cl)ccc1Br)c1c(F)cccc1F. The van der Waals surface area contributed by atoms with Crippen LogP contribution in [0.15, 0.2) is 40.9 Å². The van der Waals surface area contributed by atoms with Crippen LogP contribution >= 0.6 is 27.5 Å². The highest BCUT2D eigenvalue weighted by molar-refractivity contribution is 9.10. The van der Waals surface area contributed by atoms with E-state index >= 15 is 0 Å². The third-order valence-corrected chi connectivity index (χ3v) is 3.29. The van der Waals surface area contributed by atoms with Gasteiger partial charge in [-0.1, -0.05) is 17.7 Å². The Kier molecular flexibility index (Phi) is 4.17. The highest BCUT2D eigenvalue weighted by atomic mass is 79.9. The summed E-state index contributed by atoms with van der Waals surface area (Å²) in [6.45, 7) is 0. The number of anilines is 1. The van der Waals surface area contributed by atoms with E-state index in [4.69, 9.17) is 11.6 Å². The van der Waals surface area contributed by atoms with Crippen LogP contribution < -0.4 is 5.32 Å². The van der Waals surface area contributed by atoms with Crippen molar-refractivity contribution < 1.29 is 13.6 Å². The van der Waals surface area contributed by atoms with Crippen molar-refractivity contribution in [1.82, 2.24) is 0 Å². The first kappa shape index (κ1) is 14.0. The fourth-order valence-electron chi connectivity index (χ4n) is 1.49. The molecular formula is C13H7BrClF2NO. The molecule has 6 heteroatoms. The monoisotopic (exact) mass is 345 g/mol. The summed E-state index contributed by atoms with van der Waals surface area (Å²) in [7, 11) is 0. The lowest BCUT2D eigenvalue weighted by Crippen LogP contribution is -2.16. The van der Waals surface area contributed by atoms with Gasteiger partial charge in [0.1, 0.15) is 17.2 Å². The van der Waals surface area contributed by atoms with Gasteiger partial charge in [0.2, 0.25) is 0 Å². The maximum absolute atomic E-state index is 13.4. The molecule has 2 aromatic carbocycles. The molecule has 98 valence electrons. The summed E-state index contributed by atoms with van der Waals surface area (Å²) >= 11 is 9.00. The molecule has 19 heavy (non-hydrogen) atoms. The highest BCUT2D eigenvalue weighted by Crippen LogP contribution is 2.26. The molecule has 1 amide bonds. The first-order chi connectivity index (χ1) is 8.99. The number of amides is 1. The molecule has 0 bridgehead atoms. The van der Waals surface area contributed by atoms with E-state index in [1.54, 1.807) is 12.1 Å². The lowest BCUT2D eigenvalue weighted by atomic mass is 10.2. The molecule has 0 aliphatic carbocycles. The summed E-state index contributed by atoms with van der Waals surface area (Å²) in [5.41, 5.74) is -0.297. The molecule has 0 aliphatic rings. The third kappa shape index (κ3) is 3.11. The van der Waals surface area contributed by atoms with Crippen molar-refractivity contribution in [3.05, 3.63) is 63.1 Å². The molecular weight excluding hydrogens is 340 g/mol. The quantitative estimate of drug-likeness (QED) is 0.844. The second-order valence-corrected chi connectivity index (χ2v) is 4.97. The van der Waals surface area contributed by atoms with Crippen molar-refractivity contribution in [2.75, 3.05) is 5.32 Å². The van der Waals surface area contributed by atoms with E-state index in [9.17, 15) is 13.6 Å². The molecule has 0 saturated carbocycles. The number of benzene rings is 2. The average Bonchev–Trinajstić information content (AvgIpc) is 2.33. The van der Waals surface area contributed by atoms with E-state index in [2.05, 4.69) is 21.2 Å². The van der Waals surface area contributed by atoms with Crippen LogP contribution in [0.2, 0.25) is 5.02 Å². The average molecular weight is 347 g/mol. The zero-order valence-corrected chi connectivity index (χ0v) is 11.7. The number of carbonyl (C=O) groups is 1. The number of rotatable bonds is 2. The first-order valence-corrected chi connectivity index (χ1v) is 6.36. The first-order valence-electron chi connectivity index (χ1n) is 5.19. The molecule has 0 radical (unpaired) electrons. The summed E-state index contributed by atoms with van der Waals surface area (Å²) in [6, 6.07) is 7.94. The van der Waals surface area contributed by atoms with Crippen LogP contribution in [-0.4, -0.2) is 5.91 Å². The Morgan fingerprint density at radius 2 is 1.79 bits per heavy atom. The Morgan fingerprint density at radius 3 is 2.42 bits per heavy atom. The van der Waals surface area contributed by atoms with Gasteiger partial charge in [-0.15, -0.1) is 0 Å². The van der Waals surface area contributed by atoms with Crippen molar-refractivity contribution in [2.45, 2.75) is 0 Å². The zero-order valence-electron chi connectivity index (χ0n) is 9.38. The van der Waals surface area contributed by atoms with E-state index in [1.165, 1.54) is 12.1 Å². The van der Waals surface area contributed by atoms with E-state index in [0.29, 0.717) is 15.2 Å². The van der Waals surface area contributed by atoms with Crippen molar-refractivity contribution in [3.63, 3.8) is 0 Å². The topological polar surface area (TPSA) is 29.1 Å². The van der Waals surface area contributed by atoms with Crippen LogP contribution in [0.3, 0.4) is 0 Å². The number of hydrogen-bond acceptors (Lipinski definition) is 1. The minimum atomic E-state index is -0.921. The van der Waals surface area contributed by atoms with Crippen LogP contribution in [0, 0.1) is 11.6 Å². The molecule has 0 fully saturated rings. The molecule has 2 aromatic rings. The smallest absolute Gasteiger partial charge is 0.261 e. The number of nitrogens with one attached hydrogen (secondary N) is 1. The summed E-state index contributed by atoms with van der Waals surface area (Å²) in [5, 5.41) is 2.79. The minimum absolute atomic E-state index is 0.333. The summed E-state index contributed by atoms with van der Waals surface area (Å²) < 4.78 is 27.4.